The van der Waals surface area contributed by atoms with E-state index in [1.807, 2.05) is 45.0 Å². The Hall–Kier alpha value is -2.96. The number of fused-ring (bicyclic) bond motifs is 1. The Morgan fingerprint density at radius 3 is 2.13 bits per heavy atom. The van der Waals surface area contributed by atoms with Crippen molar-refractivity contribution < 1.29 is 31.9 Å². The maximum Gasteiger partial charge on any atom is 0.573 e. The quantitative estimate of drug-likeness (QED) is 0.148. The Balaban J connectivity index is 1.85. The average molecular weight is 631 g/mol. The second kappa shape index (κ2) is 13.4. The van der Waals surface area contributed by atoms with Crippen molar-refractivity contribution in [2.75, 3.05) is 0 Å². The second-order valence-corrected chi connectivity index (χ2v) is 15.8. The molecule has 3 aromatic rings. The van der Waals surface area contributed by atoms with Gasteiger partial charge in [0.05, 0.1) is 11.0 Å². The van der Waals surface area contributed by atoms with Crippen LogP contribution in [0.25, 0.3) is 22.3 Å². The zero-order valence-electron chi connectivity index (χ0n) is 29.1. The number of ether oxygens (including phenoxy) is 2. The molecule has 0 fully saturated rings. The van der Waals surface area contributed by atoms with Gasteiger partial charge in [0.2, 0.25) is 0 Å². The third kappa shape index (κ3) is 9.76. The summed E-state index contributed by atoms with van der Waals surface area (Å²) in [5.74, 6) is -0.132. The lowest BCUT2D eigenvalue weighted by Gasteiger charge is -2.45. The molecule has 45 heavy (non-hydrogen) atoms. The van der Waals surface area contributed by atoms with Crippen LogP contribution in [0, 0.1) is 16.2 Å². The van der Waals surface area contributed by atoms with Crippen LogP contribution in [-0.4, -0.2) is 17.9 Å². The highest BCUT2D eigenvalue weighted by atomic mass is 19.4. The van der Waals surface area contributed by atoms with E-state index < -0.39 is 17.4 Å². The largest absolute Gasteiger partial charge is 0.573 e. The van der Waals surface area contributed by atoms with Gasteiger partial charge < -0.3 is 13.9 Å². The number of carbonyl (C=O) groups is 1. The zero-order chi connectivity index (χ0) is 34.0. The van der Waals surface area contributed by atoms with Gasteiger partial charge in [0.25, 0.3) is 0 Å². The van der Waals surface area contributed by atoms with Crippen molar-refractivity contribution in [1.29, 1.82) is 0 Å². The molecule has 0 bridgehead atoms. The van der Waals surface area contributed by atoms with E-state index in [1.54, 1.807) is 12.1 Å². The predicted octanol–water partition coefficient (Wildman–Crippen LogP) is 12.0. The van der Waals surface area contributed by atoms with Crippen molar-refractivity contribution in [1.82, 2.24) is 0 Å². The van der Waals surface area contributed by atoms with Gasteiger partial charge in [-0.15, -0.1) is 13.2 Å². The molecule has 0 aliphatic heterocycles. The summed E-state index contributed by atoms with van der Waals surface area (Å²) in [6.07, 6.45) is 0.0736. The number of furan rings is 1. The molecule has 0 spiro atoms. The minimum absolute atomic E-state index is 0.0146. The molecule has 0 saturated heterocycles. The summed E-state index contributed by atoms with van der Waals surface area (Å²) in [4.78, 5) is 13.7. The standard InChI is InChI=1S/C38H53F3O4/c1-12-13-14-15-26-16-19-29(32(20-26)44-38(39,40)41)31-22-28-18-17-27(21-30(28)43-31)25(2)23-36(9,10)45-33(42)37(11,35(6,7)8)24-34(3,4)5/h16-22,25H,12-15,23-24H2,1-11H3. The molecule has 1 heterocycles. The normalized spacial score (nSPS) is 15.2. The van der Waals surface area contributed by atoms with Crippen LogP contribution in [0.5, 0.6) is 5.75 Å². The smallest absolute Gasteiger partial charge is 0.459 e. The maximum atomic E-state index is 13.7. The molecular formula is C38H53F3O4. The van der Waals surface area contributed by atoms with Gasteiger partial charge in [-0.3, -0.25) is 4.79 Å². The Labute approximate surface area is 268 Å². The van der Waals surface area contributed by atoms with Gasteiger partial charge in [-0.1, -0.05) is 86.4 Å². The van der Waals surface area contributed by atoms with E-state index in [0.717, 1.165) is 35.8 Å². The summed E-state index contributed by atoms with van der Waals surface area (Å²) < 4.78 is 56.9. The number of aryl methyl sites for hydroxylation is 1. The molecule has 0 N–H and O–H groups in total. The van der Waals surface area contributed by atoms with E-state index in [1.165, 1.54) is 6.07 Å². The molecular weight excluding hydrogens is 577 g/mol. The van der Waals surface area contributed by atoms with Crippen LogP contribution in [0.15, 0.2) is 46.9 Å². The number of alkyl halides is 3. The lowest BCUT2D eigenvalue weighted by molar-refractivity contribution is -0.274. The Kier molecular flexibility index (Phi) is 10.9. The molecule has 7 heteroatoms. The highest BCUT2D eigenvalue weighted by molar-refractivity contribution is 5.85. The minimum atomic E-state index is -4.82. The summed E-state index contributed by atoms with van der Waals surface area (Å²) in [6.45, 7) is 22.7. The topological polar surface area (TPSA) is 48.7 Å². The van der Waals surface area contributed by atoms with Crippen LogP contribution >= 0.6 is 0 Å². The van der Waals surface area contributed by atoms with Crippen LogP contribution in [0.2, 0.25) is 0 Å². The molecule has 0 saturated carbocycles. The molecule has 3 rings (SSSR count). The van der Waals surface area contributed by atoms with Crippen molar-refractivity contribution in [3.8, 4) is 17.1 Å². The van der Waals surface area contributed by atoms with Crippen molar-refractivity contribution in [2.24, 2.45) is 16.2 Å². The molecule has 2 atom stereocenters. The lowest BCUT2D eigenvalue weighted by atomic mass is 9.61. The predicted molar refractivity (Wildman–Crippen MR) is 176 cm³/mol. The maximum absolute atomic E-state index is 13.7. The fourth-order valence-electron chi connectivity index (χ4n) is 6.17. The molecule has 2 unspecified atom stereocenters. The summed E-state index contributed by atoms with van der Waals surface area (Å²) in [5.41, 5.74) is 0.863. The van der Waals surface area contributed by atoms with Gasteiger partial charge in [-0.25, -0.2) is 0 Å². The van der Waals surface area contributed by atoms with Crippen LogP contribution in [0.3, 0.4) is 0 Å². The molecule has 0 radical (unpaired) electrons. The van der Waals surface area contributed by atoms with Crippen LogP contribution < -0.4 is 4.74 Å². The monoisotopic (exact) mass is 630 g/mol. The fourth-order valence-corrected chi connectivity index (χ4v) is 6.17. The Morgan fingerprint density at radius 1 is 0.889 bits per heavy atom. The molecule has 2 aromatic carbocycles. The van der Waals surface area contributed by atoms with Crippen molar-refractivity contribution in [3.05, 3.63) is 53.6 Å². The summed E-state index contributed by atoms with van der Waals surface area (Å²) in [7, 11) is 0. The number of carbonyl (C=O) groups excluding carboxylic acids is 1. The van der Waals surface area contributed by atoms with E-state index in [-0.39, 0.29) is 34.0 Å². The number of halogens is 3. The molecule has 0 aliphatic carbocycles. The van der Waals surface area contributed by atoms with E-state index in [0.29, 0.717) is 30.6 Å². The number of benzene rings is 2. The van der Waals surface area contributed by atoms with Gasteiger partial charge in [-0.05, 0) is 98.6 Å². The van der Waals surface area contributed by atoms with E-state index in [9.17, 15) is 18.0 Å². The third-order valence-electron chi connectivity index (χ3n) is 8.88. The number of hydrogen-bond acceptors (Lipinski definition) is 4. The summed E-state index contributed by atoms with van der Waals surface area (Å²) in [6, 6.07) is 12.5. The SMILES string of the molecule is CCCCCc1ccc(-c2cc3ccc(C(C)CC(C)(C)OC(=O)C(C)(CC(C)(C)C)C(C)(C)C)cc3o2)c(OC(F)(F)F)c1. The summed E-state index contributed by atoms with van der Waals surface area (Å²) in [5, 5.41) is 0.778. The first-order valence-corrected chi connectivity index (χ1v) is 16.2. The first kappa shape index (κ1) is 36.5. The van der Waals surface area contributed by atoms with E-state index >= 15 is 0 Å². The second-order valence-electron chi connectivity index (χ2n) is 15.8. The lowest BCUT2D eigenvalue weighted by Crippen LogP contribution is -2.47. The highest BCUT2D eigenvalue weighted by Crippen LogP contribution is 2.48. The van der Waals surface area contributed by atoms with E-state index in [4.69, 9.17) is 9.15 Å². The molecule has 0 aliphatic rings. The van der Waals surface area contributed by atoms with Crippen LogP contribution in [0.4, 0.5) is 13.2 Å². The fraction of sp³-hybridized carbons (Fsp3) is 0.605. The van der Waals surface area contributed by atoms with Gasteiger partial charge in [0, 0.05) is 5.39 Å². The Morgan fingerprint density at radius 2 is 1.56 bits per heavy atom. The number of esters is 1. The van der Waals surface area contributed by atoms with Crippen LogP contribution in [0.1, 0.15) is 125 Å². The number of hydrogen-bond donors (Lipinski definition) is 0. The van der Waals surface area contributed by atoms with Gasteiger partial charge in [0.1, 0.15) is 22.7 Å². The molecule has 0 amide bonds. The average Bonchev–Trinajstić information content (AvgIpc) is 3.29. The Bertz CT molecular complexity index is 1450. The highest BCUT2D eigenvalue weighted by Gasteiger charge is 2.49. The van der Waals surface area contributed by atoms with Gasteiger partial charge in [-0.2, -0.15) is 0 Å². The van der Waals surface area contributed by atoms with Crippen LogP contribution in [-0.2, 0) is 16.0 Å². The number of rotatable bonds is 12. The van der Waals surface area contributed by atoms with Crippen molar-refractivity contribution in [2.45, 2.75) is 133 Å². The van der Waals surface area contributed by atoms with E-state index in [2.05, 4.69) is 60.1 Å². The molecule has 4 nitrogen and oxygen atoms in total. The first-order chi connectivity index (χ1) is 20.5. The van der Waals surface area contributed by atoms with Gasteiger partial charge in [0.15, 0.2) is 0 Å². The summed E-state index contributed by atoms with van der Waals surface area (Å²) >= 11 is 0. The number of unbranched alkanes of at least 4 members (excludes halogenated alkanes) is 2. The van der Waals surface area contributed by atoms with Crippen molar-refractivity contribution >= 4 is 16.9 Å². The first-order valence-electron chi connectivity index (χ1n) is 16.2. The van der Waals surface area contributed by atoms with Gasteiger partial charge >= 0.3 is 12.3 Å². The van der Waals surface area contributed by atoms with Crippen molar-refractivity contribution in [3.63, 3.8) is 0 Å². The third-order valence-corrected chi connectivity index (χ3v) is 8.88. The zero-order valence-corrected chi connectivity index (χ0v) is 29.1. The minimum Gasteiger partial charge on any atom is -0.459 e. The molecule has 250 valence electrons. The molecule has 1 aromatic heterocycles.